The van der Waals surface area contributed by atoms with E-state index in [2.05, 4.69) is 43.9 Å². The quantitative estimate of drug-likeness (QED) is 0.869. The summed E-state index contributed by atoms with van der Waals surface area (Å²) in [6, 6.07) is 6.33. The second kappa shape index (κ2) is 8.54. The van der Waals surface area contributed by atoms with Gasteiger partial charge in [0.1, 0.15) is 18.5 Å². The molecule has 0 bridgehead atoms. The van der Waals surface area contributed by atoms with Gasteiger partial charge in [-0.1, -0.05) is 38.8 Å². The molecule has 1 N–H and O–H groups in total. The number of aliphatic hydroxyl groups is 1. The Labute approximate surface area is 135 Å². The average molecular weight is 305 g/mol. The van der Waals surface area contributed by atoms with Gasteiger partial charge in [-0.3, -0.25) is 0 Å². The Hall–Kier alpha value is -1.06. The molecule has 0 aliphatic carbocycles. The second-order valence-electron chi connectivity index (χ2n) is 6.88. The van der Waals surface area contributed by atoms with Gasteiger partial charge in [-0.15, -0.1) is 0 Å². The van der Waals surface area contributed by atoms with E-state index >= 15 is 0 Å². The molecule has 1 aromatic rings. The van der Waals surface area contributed by atoms with E-state index in [9.17, 15) is 5.11 Å². The number of ether oxygens (including phenoxy) is 1. The summed E-state index contributed by atoms with van der Waals surface area (Å²) in [5.74, 6) is 1.35. The molecule has 1 aliphatic heterocycles. The summed E-state index contributed by atoms with van der Waals surface area (Å²) in [5, 5.41) is 10.3. The number of aryl methyl sites for hydroxylation is 1. The second-order valence-corrected chi connectivity index (χ2v) is 6.88. The van der Waals surface area contributed by atoms with Crippen LogP contribution in [0, 0.1) is 6.92 Å². The summed E-state index contributed by atoms with van der Waals surface area (Å²) < 4.78 is 5.94. The van der Waals surface area contributed by atoms with E-state index in [-0.39, 0.29) is 0 Å². The van der Waals surface area contributed by atoms with Gasteiger partial charge in [0.25, 0.3) is 0 Å². The van der Waals surface area contributed by atoms with Crippen molar-refractivity contribution < 1.29 is 9.84 Å². The Morgan fingerprint density at radius 1 is 1.14 bits per heavy atom. The van der Waals surface area contributed by atoms with Crippen LogP contribution in [0.15, 0.2) is 18.2 Å². The largest absolute Gasteiger partial charge is 0.491 e. The molecule has 3 nitrogen and oxygen atoms in total. The molecule has 0 saturated carbocycles. The molecule has 0 amide bonds. The van der Waals surface area contributed by atoms with Gasteiger partial charge < -0.3 is 14.7 Å². The molecule has 124 valence electrons. The van der Waals surface area contributed by atoms with Gasteiger partial charge >= 0.3 is 0 Å². The standard InChI is InChI=1S/C19H31NO2/c1-15(2)18-9-8-16(3)12-19(18)22-14-17(21)13-20-10-6-4-5-7-11-20/h8-9,12,15,17,21H,4-7,10-11,13-14H2,1-3H3/t17-/m0/s1. The molecule has 1 atom stereocenters. The van der Waals surface area contributed by atoms with Crippen molar-refractivity contribution in [1.82, 2.24) is 4.90 Å². The van der Waals surface area contributed by atoms with Gasteiger partial charge in [0, 0.05) is 6.54 Å². The van der Waals surface area contributed by atoms with Crippen molar-refractivity contribution in [1.29, 1.82) is 0 Å². The molecular weight excluding hydrogens is 274 g/mol. The monoisotopic (exact) mass is 305 g/mol. The maximum atomic E-state index is 10.3. The molecule has 1 heterocycles. The van der Waals surface area contributed by atoms with Crippen LogP contribution in [0.2, 0.25) is 0 Å². The van der Waals surface area contributed by atoms with E-state index in [1.807, 2.05) is 0 Å². The van der Waals surface area contributed by atoms with Gasteiger partial charge in [0.15, 0.2) is 0 Å². The highest BCUT2D eigenvalue weighted by Gasteiger charge is 2.15. The van der Waals surface area contributed by atoms with Crippen LogP contribution in [0.25, 0.3) is 0 Å². The molecule has 1 saturated heterocycles. The lowest BCUT2D eigenvalue weighted by Crippen LogP contribution is -2.36. The van der Waals surface area contributed by atoms with Gasteiger partial charge in [-0.05, 0) is 56.0 Å². The number of nitrogens with zero attached hydrogens (tertiary/aromatic N) is 1. The summed E-state index contributed by atoms with van der Waals surface area (Å²) in [4.78, 5) is 2.38. The Balaban J connectivity index is 1.87. The molecule has 1 aliphatic rings. The molecule has 0 radical (unpaired) electrons. The lowest BCUT2D eigenvalue weighted by Gasteiger charge is -2.24. The third-order valence-electron chi connectivity index (χ3n) is 4.39. The number of rotatable bonds is 6. The number of hydrogen-bond donors (Lipinski definition) is 1. The molecular formula is C19H31NO2. The first-order valence-electron chi connectivity index (χ1n) is 8.70. The number of likely N-dealkylation sites (tertiary alicyclic amines) is 1. The smallest absolute Gasteiger partial charge is 0.123 e. The summed E-state index contributed by atoms with van der Waals surface area (Å²) in [6.07, 6.45) is 4.74. The Bertz CT molecular complexity index is 451. The van der Waals surface area contributed by atoms with Crippen molar-refractivity contribution in [2.75, 3.05) is 26.2 Å². The van der Waals surface area contributed by atoms with Crippen LogP contribution in [0.4, 0.5) is 0 Å². The van der Waals surface area contributed by atoms with Crippen LogP contribution in [0.3, 0.4) is 0 Å². The first-order chi connectivity index (χ1) is 10.6. The Kier molecular flexibility index (Phi) is 6.71. The Morgan fingerprint density at radius 3 is 2.45 bits per heavy atom. The van der Waals surface area contributed by atoms with Crippen molar-refractivity contribution in [2.45, 2.75) is 58.5 Å². The van der Waals surface area contributed by atoms with Gasteiger partial charge in [0.05, 0.1) is 0 Å². The van der Waals surface area contributed by atoms with Crippen molar-refractivity contribution in [3.63, 3.8) is 0 Å². The molecule has 0 aromatic heterocycles. The van der Waals surface area contributed by atoms with E-state index in [0.717, 1.165) is 25.4 Å². The van der Waals surface area contributed by atoms with Crippen molar-refractivity contribution in [2.24, 2.45) is 0 Å². The highest BCUT2D eigenvalue weighted by molar-refractivity contribution is 5.39. The van der Waals surface area contributed by atoms with E-state index in [0.29, 0.717) is 12.5 Å². The third-order valence-corrected chi connectivity index (χ3v) is 4.39. The predicted molar refractivity (Wildman–Crippen MR) is 91.7 cm³/mol. The first-order valence-corrected chi connectivity index (χ1v) is 8.70. The summed E-state index contributed by atoms with van der Waals surface area (Å²) in [7, 11) is 0. The number of benzene rings is 1. The van der Waals surface area contributed by atoms with E-state index in [1.165, 1.54) is 36.8 Å². The summed E-state index contributed by atoms with van der Waals surface area (Å²) in [6.45, 7) is 9.74. The van der Waals surface area contributed by atoms with Gasteiger partial charge in [-0.2, -0.15) is 0 Å². The Morgan fingerprint density at radius 2 is 1.82 bits per heavy atom. The highest BCUT2D eigenvalue weighted by Crippen LogP contribution is 2.27. The zero-order valence-corrected chi connectivity index (χ0v) is 14.3. The summed E-state index contributed by atoms with van der Waals surface area (Å²) >= 11 is 0. The minimum Gasteiger partial charge on any atom is -0.491 e. The highest BCUT2D eigenvalue weighted by atomic mass is 16.5. The van der Waals surface area contributed by atoms with Crippen LogP contribution >= 0.6 is 0 Å². The molecule has 0 spiro atoms. The minimum atomic E-state index is -0.418. The van der Waals surface area contributed by atoms with Gasteiger partial charge in [-0.25, -0.2) is 0 Å². The number of hydrogen-bond acceptors (Lipinski definition) is 3. The minimum absolute atomic E-state index is 0.375. The zero-order chi connectivity index (χ0) is 15.9. The summed E-state index contributed by atoms with van der Waals surface area (Å²) in [5.41, 5.74) is 2.41. The zero-order valence-electron chi connectivity index (χ0n) is 14.3. The van der Waals surface area contributed by atoms with Crippen LogP contribution < -0.4 is 4.74 Å². The van der Waals surface area contributed by atoms with Crippen molar-refractivity contribution >= 4 is 0 Å². The molecule has 1 fully saturated rings. The predicted octanol–water partition coefficient (Wildman–Crippen LogP) is 3.73. The van der Waals surface area contributed by atoms with Crippen LogP contribution in [-0.2, 0) is 0 Å². The van der Waals surface area contributed by atoms with E-state index in [1.54, 1.807) is 0 Å². The van der Waals surface area contributed by atoms with E-state index < -0.39 is 6.10 Å². The normalized spacial score (nSPS) is 18.2. The fourth-order valence-corrected chi connectivity index (χ4v) is 3.10. The van der Waals surface area contributed by atoms with Crippen LogP contribution in [0.5, 0.6) is 5.75 Å². The van der Waals surface area contributed by atoms with Gasteiger partial charge in [0.2, 0.25) is 0 Å². The average Bonchev–Trinajstić information content (AvgIpc) is 2.73. The topological polar surface area (TPSA) is 32.7 Å². The number of aliphatic hydroxyl groups excluding tert-OH is 1. The van der Waals surface area contributed by atoms with Crippen LogP contribution in [0.1, 0.15) is 56.6 Å². The molecule has 1 aromatic carbocycles. The molecule has 0 unspecified atom stereocenters. The fraction of sp³-hybridized carbons (Fsp3) is 0.684. The maximum Gasteiger partial charge on any atom is 0.123 e. The first kappa shape index (κ1) is 17.3. The third kappa shape index (κ3) is 5.29. The number of β-amino-alcohol motifs (C(OH)–C–C–N with tert-alkyl or cyclic N) is 1. The van der Waals surface area contributed by atoms with Crippen LogP contribution in [-0.4, -0.2) is 42.4 Å². The van der Waals surface area contributed by atoms with E-state index in [4.69, 9.17) is 4.74 Å². The molecule has 2 rings (SSSR count). The van der Waals surface area contributed by atoms with Crippen molar-refractivity contribution in [3.8, 4) is 5.75 Å². The molecule has 3 heteroatoms. The lowest BCUT2D eigenvalue weighted by atomic mass is 10.0. The maximum absolute atomic E-state index is 10.3. The fourth-order valence-electron chi connectivity index (χ4n) is 3.10. The van der Waals surface area contributed by atoms with Crippen molar-refractivity contribution in [3.05, 3.63) is 29.3 Å². The molecule has 22 heavy (non-hydrogen) atoms. The SMILES string of the molecule is Cc1ccc(C(C)C)c(OC[C@@H](O)CN2CCCCCC2)c1. The lowest BCUT2D eigenvalue weighted by molar-refractivity contribution is 0.0689.